The van der Waals surface area contributed by atoms with Crippen LogP contribution in [0.1, 0.15) is 43.7 Å². The number of aromatic hydroxyl groups is 1. The molecule has 1 aliphatic heterocycles. The molecule has 0 radical (unpaired) electrons. The summed E-state index contributed by atoms with van der Waals surface area (Å²) in [5.41, 5.74) is 2.43. The van der Waals surface area contributed by atoms with Crippen molar-refractivity contribution in [2.45, 2.75) is 26.8 Å². The fraction of sp³-hybridized carbons (Fsp3) is 0.214. The number of esters is 1. The van der Waals surface area contributed by atoms with Crippen LogP contribution in [0.5, 0.6) is 11.5 Å². The van der Waals surface area contributed by atoms with E-state index in [2.05, 4.69) is 27.5 Å². The molecule has 1 fully saturated rings. The average molecular weight is 613 g/mol. The van der Waals surface area contributed by atoms with Crippen molar-refractivity contribution in [3.05, 3.63) is 85.9 Å². The Balaban J connectivity index is 1.98. The van der Waals surface area contributed by atoms with Gasteiger partial charge in [0, 0.05) is 5.56 Å². The van der Waals surface area contributed by atoms with Crippen LogP contribution in [0.15, 0.2) is 53.0 Å². The molecular formula is C28H25BrN2O7S. The summed E-state index contributed by atoms with van der Waals surface area (Å²) in [7, 11) is 1.36. The van der Waals surface area contributed by atoms with Crippen molar-refractivity contribution in [2.24, 2.45) is 0 Å². The van der Waals surface area contributed by atoms with Crippen molar-refractivity contribution >= 4 is 55.8 Å². The number of aromatic nitrogens is 1. The maximum Gasteiger partial charge on any atom is 0.350 e. The molecule has 11 heteroatoms. The number of hydrogen-bond donors (Lipinski definition) is 2. The number of thiazole rings is 1. The second-order valence-corrected chi connectivity index (χ2v) is 10.7. The number of amides is 1. The zero-order valence-electron chi connectivity index (χ0n) is 21.6. The number of carbonyl (C=O) groups excluding carboxylic acids is 3. The Kier molecular flexibility index (Phi) is 7.94. The summed E-state index contributed by atoms with van der Waals surface area (Å²) in [5, 5.41) is 21.9. The van der Waals surface area contributed by atoms with Crippen molar-refractivity contribution in [1.29, 1.82) is 0 Å². The SMILES string of the molecule is C=CCOC(=O)c1sc(N2C(=O)C(=O)C(=C(O)c3cc(C)ccc3C)C2c2cc(Br)c(O)c(OC)c2)nc1C. The van der Waals surface area contributed by atoms with E-state index in [1.165, 1.54) is 25.3 Å². The number of hydrogen-bond acceptors (Lipinski definition) is 9. The molecule has 1 unspecified atom stereocenters. The van der Waals surface area contributed by atoms with Gasteiger partial charge in [0.15, 0.2) is 16.6 Å². The van der Waals surface area contributed by atoms with Crippen LogP contribution < -0.4 is 9.64 Å². The fourth-order valence-corrected chi connectivity index (χ4v) is 5.71. The molecule has 9 nitrogen and oxygen atoms in total. The molecule has 202 valence electrons. The second-order valence-electron chi connectivity index (χ2n) is 8.84. The molecule has 1 saturated heterocycles. The molecule has 0 aliphatic carbocycles. The van der Waals surface area contributed by atoms with Crippen molar-refractivity contribution in [1.82, 2.24) is 4.98 Å². The number of methoxy groups -OCH3 is 1. The lowest BCUT2D eigenvalue weighted by atomic mass is 9.93. The number of anilines is 1. The number of phenolic OH excluding ortho intramolecular Hbond substituents is 1. The predicted octanol–water partition coefficient (Wildman–Crippen LogP) is 5.51. The van der Waals surface area contributed by atoms with Gasteiger partial charge in [-0.25, -0.2) is 9.78 Å². The highest BCUT2D eigenvalue weighted by molar-refractivity contribution is 9.10. The van der Waals surface area contributed by atoms with Crippen LogP contribution >= 0.6 is 27.3 Å². The largest absolute Gasteiger partial charge is 0.507 e. The zero-order valence-corrected chi connectivity index (χ0v) is 24.0. The number of aliphatic hydroxyl groups is 1. The quantitative estimate of drug-likeness (QED) is 0.117. The molecular weight excluding hydrogens is 588 g/mol. The molecule has 1 amide bonds. The van der Waals surface area contributed by atoms with Crippen LogP contribution in [-0.4, -0.2) is 46.6 Å². The van der Waals surface area contributed by atoms with Gasteiger partial charge in [0.25, 0.3) is 5.78 Å². The van der Waals surface area contributed by atoms with E-state index >= 15 is 0 Å². The lowest BCUT2D eigenvalue weighted by molar-refractivity contribution is -0.132. The van der Waals surface area contributed by atoms with Crippen molar-refractivity contribution in [3.8, 4) is 11.5 Å². The number of halogens is 1. The Labute approximate surface area is 237 Å². The van der Waals surface area contributed by atoms with Crippen molar-refractivity contribution < 1.29 is 34.1 Å². The number of rotatable bonds is 7. The topological polar surface area (TPSA) is 126 Å². The van der Waals surface area contributed by atoms with Gasteiger partial charge < -0.3 is 19.7 Å². The standard InChI is InChI=1S/C28H25BrN2O7S/c1-6-9-38-27(36)25-15(4)30-28(39-25)31-21(16-11-18(29)23(33)19(12-16)37-5)20(24(34)26(31)35)22(32)17-10-13(2)7-8-14(17)3/h6-8,10-12,21,32-33H,1,9H2,2-5H3. The van der Waals surface area contributed by atoms with Gasteiger partial charge >= 0.3 is 11.9 Å². The molecule has 39 heavy (non-hydrogen) atoms. The number of ketones is 1. The summed E-state index contributed by atoms with van der Waals surface area (Å²) in [6.07, 6.45) is 1.43. The van der Waals surface area contributed by atoms with E-state index < -0.39 is 23.7 Å². The molecule has 1 aliphatic rings. The number of ether oxygens (including phenoxy) is 2. The van der Waals surface area contributed by atoms with E-state index in [4.69, 9.17) is 9.47 Å². The average Bonchev–Trinajstić information content (AvgIpc) is 3.41. The third-order valence-corrected chi connectivity index (χ3v) is 7.93. The third kappa shape index (κ3) is 5.07. The first-order chi connectivity index (χ1) is 18.5. The highest BCUT2D eigenvalue weighted by Gasteiger charge is 2.49. The number of aliphatic hydroxyl groups excluding tert-OH is 1. The summed E-state index contributed by atoms with van der Waals surface area (Å²) in [4.78, 5) is 45.3. The van der Waals surface area contributed by atoms with Gasteiger partial charge in [-0.2, -0.15) is 0 Å². The molecule has 0 bridgehead atoms. The summed E-state index contributed by atoms with van der Waals surface area (Å²) in [6.45, 7) is 8.74. The number of aryl methyl sites for hydroxylation is 3. The second kappa shape index (κ2) is 11.0. The third-order valence-electron chi connectivity index (χ3n) is 6.19. The monoisotopic (exact) mass is 612 g/mol. The van der Waals surface area contributed by atoms with E-state index in [-0.39, 0.29) is 43.9 Å². The van der Waals surface area contributed by atoms with Gasteiger partial charge in [-0.1, -0.05) is 41.7 Å². The molecule has 2 heterocycles. The smallest absolute Gasteiger partial charge is 0.350 e. The summed E-state index contributed by atoms with van der Waals surface area (Å²) < 4.78 is 10.7. The van der Waals surface area contributed by atoms with Crippen LogP contribution in [-0.2, 0) is 14.3 Å². The first kappa shape index (κ1) is 28.1. The van der Waals surface area contributed by atoms with Crippen molar-refractivity contribution in [2.75, 3.05) is 18.6 Å². The number of phenols is 1. The van der Waals surface area contributed by atoms with Crippen LogP contribution in [0.4, 0.5) is 5.13 Å². The Morgan fingerprint density at radius 3 is 2.62 bits per heavy atom. The molecule has 1 atom stereocenters. The maximum atomic E-state index is 13.5. The van der Waals surface area contributed by atoms with Gasteiger partial charge in [0.05, 0.1) is 28.9 Å². The minimum Gasteiger partial charge on any atom is -0.507 e. The molecule has 2 aromatic carbocycles. The van der Waals surface area contributed by atoms with Gasteiger partial charge in [0.2, 0.25) is 0 Å². The fourth-order valence-electron chi connectivity index (χ4n) is 4.26. The first-order valence-electron chi connectivity index (χ1n) is 11.7. The first-order valence-corrected chi connectivity index (χ1v) is 13.3. The highest BCUT2D eigenvalue weighted by Crippen LogP contribution is 2.47. The minimum atomic E-state index is -1.15. The molecule has 1 aromatic heterocycles. The van der Waals surface area contributed by atoms with Gasteiger partial charge in [-0.05, 0) is 66.0 Å². The lowest BCUT2D eigenvalue weighted by Gasteiger charge is -2.24. The van der Waals surface area contributed by atoms with Gasteiger partial charge in [-0.15, -0.1) is 0 Å². The lowest BCUT2D eigenvalue weighted by Crippen LogP contribution is -2.29. The number of carbonyl (C=O) groups is 3. The number of benzene rings is 2. The number of nitrogens with zero attached hydrogens (tertiary/aromatic N) is 2. The molecule has 0 saturated carbocycles. The Hall–Kier alpha value is -3.96. The summed E-state index contributed by atoms with van der Waals surface area (Å²) in [6, 6.07) is 7.25. The van der Waals surface area contributed by atoms with E-state index in [9.17, 15) is 24.6 Å². The normalized spacial score (nSPS) is 16.4. The zero-order chi connectivity index (χ0) is 28.6. The summed E-state index contributed by atoms with van der Waals surface area (Å²) in [5.74, 6) is -2.96. The minimum absolute atomic E-state index is 0.00675. The van der Waals surface area contributed by atoms with Gasteiger partial charge in [-0.3, -0.25) is 14.5 Å². The van der Waals surface area contributed by atoms with Crippen LogP contribution in [0.2, 0.25) is 0 Å². The molecule has 2 N–H and O–H groups in total. The Morgan fingerprint density at radius 1 is 1.23 bits per heavy atom. The van der Waals surface area contributed by atoms with E-state index in [0.29, 0.717) is 22.4 Å². The van der Waals surface area contributed by atoms with Gasteiger partial charge in [0.1, 0.15) is 17.2 Å². The van der Waals surface area contributed by atoms with Crippen LogP contribution in [0, 0.1) is 20.8 Å². The van der Waals surface area contributed by atoms with E-state index in [0.717, 1.165) is 21.8 Å². The maximum absolute atomic E-state index is 13.5. The van der Waals surface area contributed by atoms with Crippen molar-refractivity contribution in [3.63, 3.8) is 0 Å². The number of Topliss-reactive ketones (excluding diaryl/α,β-unsaturated/α-hetero) is 1. The predicted molar refractivity (Wildman–Crippen MR) is 150 cm³/mol. The highest BCUT2D eigenvalue weighted by atomic mass is 79.9. The summed E-state index contributed by atoms with van der Waals surface area (Å²) >= 11 is 4.18. The molecule has 0 spiro atoms. The Bertz CT molecular complexity index is 1560. The molecule has 3 aromatic rings. The van der Waals surface area contributed by atoms with Crippen LogP contribution in [0.3, 0.4) is 0 Å². The van der Waals surface area contributed by atoms with Crippen LogP contribution in [0.25, 0.3) is 5.76 Å². The van der Waals surface area contributed by atoms with E-state index in [1.807, 2.05) is 13.0 Å². The van der Waals surface area contributed by atoms with E-state index in [1.54, 1.807) is 26.0 Å². The Morgan fingerprint density at radius 2 is 1.95 bits per heavy atom. The molecule has 4 rings (SSSR count).